The van der Waals surface area contributed by atoms with Gasteiger partial charge in [0, 0.05) is 19.4 Å². The van der Waals surface area contributed by atoms with Crippen LogP contribution in [0.2, 0.25) is 0 Å². The molecule has 0 aliphatic rings. The number of nitrogens with one attached hydrogen (secondary N) is 1. The molecule has 29 heavy (non-hydrogen) atoms. The highest BCUT2D eigenvalue weighted by Crippen LogP contribution is 2.27. The first-order valence-electron chi connectivity index (χ1n) is 8.50. The number of halogens is 3. The first-order chi connectivity index (χ1) is 13.9. The molecule has 3 aromatic rings. The molecule has 1 atom stereocenters. The van der Waals surface area contributed by atoms with E-state index in [1.165, 1.54) is 37.1 Å². The van der Waals surface area contributed by atoms with Gasteiger partial charge < -0.3 is 19.0 Å². The Morgan fingerprint density at radius 3 is 2.76 bits per heavy atom. The lowest BCUT2D eigenvalue weighted by Gasteiger charge is -2.18. The van der Waals surface area contributed by atoms with Crippen molar-refractivity contribution in [3.63, 3.8) is 0 Å². The molecule has 0 saturated heterocycles. The standard InChI is InChI=1S/C19H18F3N3O3S/c1-25-8-7-23-19(25)29-10-12-4-6-15(28-12)18(26)24-16(17(21)22)11-3-5-14(27-2)13(20)9-11/h3-9,16-17H,10H2,1-2H3,(H,24,26)/t16-/m1/s1. The lowest BCUT2D eigenvalue weighted by atomic mass is 10.1. The van der Waals surface area contributed by atoms with Crippen LogP contribution in [0.25, 0.3) is 0 Å². The van der Waals surface area contributed by atoms with E-state index < -0.39 is 24.2 Å². The number of amides is 1. The number of hydrogen-bond acceptors (Lipinski definition) is 5. The number of carbonyl (C=O) groups is 1. The minimum absolute atomic E-state index is 0.0750. The van der Waals surface area contributed by atoms with E-state index >= 15 is 0 Å². The first-order valence-corrected chi connectivity index (χ1v) is 9.49. The van der Waals surface area contributed by atoms with Crippen molar-refractivity contribution in [2.45, 2.75) is 23.4 Å². The summed E-state index contributed by atoms with van der Waals surface area (Å²) in [5.74, 6) is -0.891. The molecule has 0 radical (unpaired) electrons. The zero-order chi connectivity index (χ0) is 21.0. The number of alkyl halides is 2. The Morgan fingerprint density at radius 1 is 1.34 bits per heavy atom. The van der Waals surface area contributed by atoms with E-state index in [4.69, 9.17) is 9.15 Å². The van der Waals surface area contributed by atoms with Crippen LogP contribution in [0.1, 0.15) is 27.9 Å². The number of nitrogens with zero attached hydrogens (tertiary/aromatic N) is 2. The Labute approximate surface area is 169 Å². The van der Waals surface area contributed by atoms with Crippen LogP contribution in [0.15, 0.2) is 52.3 Å². The molecule has 3 rings (SSSR count). The fourth-order valence-corrected chi connectivity index (χ4v) is 3.41. The molecule has 0 bridgehead atoms. The quantitative estimate of drug-likeness (QED) is 0.548. The molecule has 0 fully saturated rings. The fourth-order valence-electron chi connectivity index (χ4n) is 2.58. The molecule has 1 N–H and O–H groups in total. The number of benzene rings is 1. The molecular weight excluding hydrogens is 407 g/mol. The van der Waals surface area contributed by atoms with E-state index in [0.717, 1.165) is 11.2 Å². The molecule has 6 nitrogen and oxygen atoms in total. The van der Waals surface area contributed by atoms with Crippen LogP contribution in [0, 0.1) is 5.82 Å². The number of carbonyl (C=O) groups excluding carboxylic acids is 1. The third-order valence-electron chi connectivity index (χ3n) is 4.08. The lowest BCUT2D eigenvalue weighted by Crippen LogP contribution is -2.32. The van der Waals surface area contributed by atoms with Crippen molar-refractivity contribution in [1.29, 1.82) is 0 Å². The summed E-state index contributed by atoms with van der Waals surface area (Å²) in [5.41, 5.74) is -0.0798. The van der Waals surface area contributed by atoms with Crippen molar-refractivity contribution in [3.05, 3.63) is 65.6 Å². The summed E-state index contributed by atoms with van der Waals surface area (Å²) in [6, 6.07) is 4.71. The molecule has 1 aromatic carbocycles. The maximum Gasteiger partial charge on any atom is 0.287 e. The Balaban J connectivity index is 1.68. The first kappa shape index (κ1) is 20.8. The Kier molecular flexibility index (Phi) is 6.53. The van der Waals surface area contributed by atoms with Gasteiger partial charge >= 0.3 is 0 Å². The van der Waals surface area contributed by atoms with Crippen molar-refractivity contribution in [3.8, 4) is 5.75 Å². The largest absolute Gasteiger partial charge is 0.494 e. The van der Waals surface area contributed by atoms with E-state index in [0.29, 0.717) is 11.5 Å². The zero-order valence-corrected chi connectivity index (χ0v) is 16.4. The number of furan rings is 1. The molecule has 2 heterocycles. The third kappa shape index (κ3) is 4.94. The molecule has 0 unspecified atom stereocenters. The van der Waals surface area contributed by atoms with E-state index in [1.54, 1.807) is 18.5 Å². The van der Waals surface area contributed by atoms with Gasteiger partial charge in [-0.15, -0.1) is 0 Å². The number of imidazole rings is 1. The van der Waals surface area contributed by atoms with Crippen molar-refractivity contribution in [1.82, 2.24) is 14.9 Å². The molecule has 0 saturated carbocycles. The molecule has 0 aliphatic carbocycles. The molecule has 0 spiro atoms. The predicted molar refractivity (Wildman–Crippen MR) is 101 cm³/mol. The van der Waals surface area contributed by atoms with Gasteiger partial charge in [-0.25, -0.2) is 18.2 Å². The Bertz CT molecular complexity index is 990. The second-order valence-electron chi connectivity index (χ2n) is 6.05. The number of aryl methyl sites for hydroxylation is 1. The highest BCUT2D eigenvalue weighted by atomic mass is 32.2. The molecule has 0 aliphatic heterocycles. The Hall–Kier alpha value is -2.88. The van der Waals surface area contributed by atoms with Gasteiger partial charge in [0.05, 0.1) is 12.9 Å². The van der Waals surface area contributed by atoms with Gasteiger partial charge in [0.1, 0.15) is 11.8 Å². The van der Waals surface area contributed by atoms with Gasteiger partial charge in [0.2, 0.25) is 0 Å². The van der Waals surface area contributed by atoms with Crippen LogP contribution in [0.3, 0.4) is 0 Å². The van der Waals surface area contributed by atoms with Crippen molar-refractivity contribution >= 4 is 17.7 Å². The highest BCUT2D eigenvalue weighted by Gasteiger charge is 2.27. The molecular formula is C19H18F3N3O3S. The van der Waals surface area contributed by atoms with E-state index in [2.05, 4.69) is 10.3 Å². The third-order valence-corrected chi connectivity index (χ3v) is 5.16. The normalized spacial score (nSPS) is 12.2. The summed E-state index contributed by atoms with van der Waals surface area (Å²) in [6.45, 7) is 0. The topological polar surface area (TPSA) is 69.3 Å². The molecule has 1 amide bonds. The number of rotatable bonds is 8. The summed E-state index contributed by atoms with van der Waals surface area (Å²) in [4.78, 5) is 16.5. The maximum absolute atomic E-state index is 13.9. The van der Waals surface area contributed by atoms with Crippen molar-refractivity contribution in [2.75, 3.05) is 7.11 Å². The number of methoxy groups -OCH3 is 1. The van der Waals surface area contributed by atoms with Crippen LogP contribution in [0.4, 0.5) is 13.2 Å². The number of thioether (sulfide) groups is 1. The van der Waals surface area contributed by atoms with E-state index in [9.17, 15) is 18.0 Å². The number of ether oxygens (including phenoxy) is 1. The maximum atomic E-state index is 13.9. The second-order valence-corrected chi connectivity index (χ2v) is 7.00. The summed E-state index contributed by atoms with van der Waals surface area (Å²) in [7, 11) is 3.12. The predicted octanol–water partition coefficient (Wildman–Crippen LogP) is 4.19. The number of hydrogen-bond donors (Lipinski definition) is 1. The minimum atomic E-state index is -2.94. The van der Waals surface area contributed by atoms with Gasteiger partial charge in [0.15, 0.2) is 22.5 Å². The average Bonchev–Trinajstić information content (AvgIpc) is 3.33. The summed E-state index contributed by atoms with van der Waals surface area (Å²) >= 11 is 1.41. The minimum Gasteiger partial charge on any atom is -0.494 e. The van der Waals surface area contributed by atoms with Gasteiger partial charge in [-0.2, -0.15) is 0 Å². The van der Waals surface area contributed by atoms with Crippen LogP contribution >= 0.6 is 11.8 Å². The van der Waals surface area contributed by atoms with Gasteiger partial charge in [0.25, 0.3) is 12.3 Å². The lowest BCUT2D eigenvalue weighted by molar-refractivity contribution is 0.0721. The monoisotopic (exact) mass is 425 g/mol. The highest BCUT2D eigenvalue weighted by molar-refractivity contribution is 7.98. The second kappa shape index (κ2) is 9.08. The zero-order valence-electron chi connectivity index (χ0n) is 15.6. The summed E-state index contributed by atoms with van der Waals surface area (Å²) in [6.07, 6.45) is 0.520. The van der Waals surface area contributed by atoms with Crippen LogP contribution in [-0.4, -0.2) is 29.0 Å². The van der Waals surface area contributed by atoms with Crippen molar-refractivity contribution < 1.29 is 27.1 Å². The fraction of sp³-hybridized carbons (Fsp3) is 0.263. The van der Waals surface area contributed by atoms with Crippen LogP contribution in [-0.2, 0) is 12.8 Å². The van der Waals surface area contributed by atoms with Gasteiger partial charge in [-0.1, -0.05) is 17.8 Å². The van der Waals surface area contributed by atoms with Crippen molar-refractivity contribution in [2.24, 2.45) is 7.05 Å². The molecule has 154 valence electrons. The van der Waals surface area contributed by atoms with Gasteiger partial charge in [-0.3, -0.25) is 4.79 Å². The van der Waals surface area contributed by atoms with Crippen LogP contribution in [0.5, 0.6) is 5.75 Å². The van der Waals surface area contributed by atoms with E-state index in [-0.39, 0.29) is 17.1 Å². The smallest absolute Gasteiger partial charge is 0.287 e. The van der Waals surface area contributed by atoms with Crippen LogP contribution < -0.4 is 10.1 Å². The summed E-state index contributed by atoms with van der Waals surface area (Å²) in [5, 5.41) is 2.96. The average molecular weight is 425 g/mol. The Morgan fingerprint density at radius 2 is 2.14 bits per heavy atom. The molecule has 10 heteroatoms. The SMILES string of the molecule is COc1ccc([C@@H](NC(=O)c2ccc(CSc3nccn3C)o2)C(F)F)cc1F. The van der Waals surface area contributed by atoms with E-state index in [1.807, 2.05) is 11.6 Å². The molecule has 2 aromatic heterocycles. The summed E-state index contributed by atoms with van der Waals surface area (Å²) < 4.78 is 52.9. The number of aromatic nitrogens is 2. The van der Waals surface area contributed by atoms with Gasteiger partial charge in [-0.05, 0) is 29.8 Å².